The number of amides is 1. The van der Waals surface area contributed by atoms with Crippen LogP contribution in [0, 0.1) is 17.1 Å². The highest BCUT2D eigenvalue weighted by Crippen LogP contribution is 2.18. The quantitative estimate of drug-likeness (QED) is 0.674. The number of nitriles is 1. The lowest BCUT2D eigenvalue weighted by molar-refractivity contribution is 0.0949. The summed E-state index contributed by atoms with van der Waals surface area (Å²) in [6.45, 7) is 0.215. The highest BCUT2D eigenvalue weighted by molar-refractivity contribution is 6.30. The first kappa shape index (κ1) is 18.4. The van der Waals surface area contributed by atoms with E-state index in [0.717, 1.165) is 11.6 Å². The van der Waals surface area contributed by atoms with Crippen molar-refractivity contribution in [1.82, 2.24) is 10.3 Å². The number of nitrogens with zero attached hydrogens (tertiary/aromatic N) is 1. The van der Waals surface area contributed by atoms with Crippen molar-refractivity contribution in [2.45, 2.75) is 6.54 Å². The third kappa shape index (κ3) is 4.05. The number of allylic oxidation sites excluding steroid dienone is 1. The molecule has 0 fully saturated rings. The Morgan fingerprint density at radius 1 is 1.30 bits per heavy atom. The molecule has 1 heterocycles. The summed E-state index contributed by atoms with van der Waals surface area (Å²) in [5.41, 5.74) is 0.791. The zero-order chi connectivity index (χ0) is 19.4. The molecule has 0 aliphatic rings. The van der Waals surface area contributed by atoms with Crippen molar-refractivity contribution in [3.63, 3.8) is 0 Å². The summed E-state index contributed by atoms with van der Waals surface area (Å²) < 4.78 is 13.9. The lowest BCUT2D eigenvalue weighted by Crippen LogP contribution is -2.28. The van der Waals surface area contributed by atoms with Gasteiger partial charge in [-0.25, -0.2) is 4.39 Å². The zero-order valence-corrected chi connectivity index (χ0v) is 14.7. The van der Waals surface area contributed by atoms with E-state index in [1.807, 2.05) is 6.07 Å². The Bertz CT molecular complexity index is 1140. The normalized spacial score (nSPS) is 10.9. The van der Waals surface area contributed by atoms with E-state index in [4.69, 9.17) is 16.9 Å². The first-order chi connectivity index (χ1) is 13.0. The van der Waals surface area contributed by atoms with Crippen molar-refractivity contribution in [2.75, 3.05) is 0 Å². The SMILES string of the molecule is N#CC=Cc1cc(F)cc2c(=O)c(C(=O)NCc3ccc(Cl)cc3)c[nH]c12. The number of H-pyrrole nitrogens is 1. The monoisotopic (exact) mass is 381 g/mol. The summed E-state index contributed by atoms with van der Waals surface area (Å²) in [6.07, 6.45) is 3.85. The molecule has 7 heteroatoms. The van der Waals surface area contributed by atoms with Crippen molar-refractivity contribution < 1.29 is 9.18 Å². The molecule has 2 N–H and O–H groups in total. The number of aromatic amines is 1. The summed E-state index contributed by atoms with van der Waals surface area (Å²) in [6, 6.07) is 11.0. The first-order valence-corrected chi connectivity index (χ1v) is 8.31. The number of benzene rings is 2. The number of aromatic nitrogens is 1. The summed E-state index contributed by atoms with van der Waals surface area (Å²) in [5.74, 6) is -1.21. The van der Waals surface area contributed by atoms with E-state index in [2.05, 4.69) is 10.3 Å². The molecule has 0 radical (unpaired) electrons. The Balaban J connectivity index is 1.93. The zero-order valence-electron chi connectivity index (χ0n) is 13.9. The molecule has 0 saturated carbocycles. The Kier molecular flexibility index (Phi) is 5.34. The van der Waals surface area contributed by atoms with E-state index in [1.54, 1.807) is 24.3 Å². The van der Waals surface area contributed by atoms with Crippen LogP contribution in [0.4, 0.5) is 4.39 Å². The van der Waals surface area contributed by atoms with Crippen molar-refractivity contribution in [1.29, 1.82) is 5.26 Å². The summed E-state index contributed by atoms with van der Waals surface area (Å²) >= 11 is 5.82. The number of halogens is 2. The Morgan fingerprint density at radius 2 is 2.04 bits per heavy atom. The highest BCUT2D eigenvalue weighted by Gasteiger charge is 2.15. The smallest absolute Gasteiger partial charge is 0.257 e. The average molecular weight is 382 g/mol. The topological polar surface area (TPSA) is 85.8 Å². The van der Waals surface area contributed by atoms with Crippen molar-refractivity contribution in [2.24, 2.45) is 0 Å². The lowest BCUT2D eigenvalue weighted by atomic mass is 10.1. The second kappa shape index (κ2) is 7.85. The molecule has 1 amide bonds. The molecule has 27 heavy (non-hydrogen) atoms. The molecule has 0 unspecified atom stereocenters. The molecular weight excluding hydrogens is 369 g/mol. The van der Waals surface area contributed by atoms with Crippen LogP contribution < -0.4 is 10.7 Å². The average Bonchev–Trinajstić information content (AvgIpc) is 2.66. The highest BCUT2D eigenvalue weighted by atomic mass is 35.5. The van der Waals surface area contributed by atoms with E-state index in [0.29, 0.717) is 16.1 Å². The second-order valence-corrected chi connectivity index (χ2v) is 6.16. The third-order valence-corrected chi connectivity index (χ3v) is 4.18. The maximum Gasteiger partial charge on any atom is 0.257 e. The fourth-order valence-corrected chi connectivity index (χ4v) is 2.76. The van der Waals surface area contributed by atoms with Gasteiger partial charge in [0, 0.05) is 34.8 Å². The number of pyridine rings is 1. The van der Waals surface area contributed by atoms with Crippen molar-refractivity contribution >= 4 is 34.5 Å². The minimum absolute atomic E-state index is 0.0340. The fourth-order valence-electron chi connectivity index (χ4n) is 2.63. The van der Waals surface area contributed by atoms with Gasteiger partial charge in [-0.15, -0.1) is 0 Å². The second-order valence-electron chi connectivity index (χ2n) is 5.72. The van der Waals surface area contributed by atoms with Crippen LogP contribution in [-0.2, 0) is 6.54 Å². The van der Waals surface area contributed by atoms with Gasteiger partial charge in [0.1, 0.15) is 11.4 Å². The number of nitrogens with one attached hydrogen (secondary N) is 2. The number of carbonyl (C=O) groups is 1. The number of rotatable bonds is 4. The maximum absolute atomic E-state index is 13.9. The first-order valence-electron chi connectivity index (χ1n) is 7.93. The maximum atomic E-state index is 13.9. The van der Waals surface area contributed by atoms with Crippen LogP contribution in [0.25, 0.3) is 17.0 Å². The molecule has 134 valence electrons. The summed E-state index contributed by atoms with van der Waals surface area (Å²) in [4.78, 5) is 27.9. The van der Waals surface area contributed by atoms with Gasteiger partial charge in [0.05, 0.1) is 11.6 Å². The molecular formula is C20H13ClFN3O2. The molecule has 2 aromatic carbocycles. The molecule has 3 aromatic rings. The lowest BCUT2D eigenvalue weighted by Gasteiger charge is -2.08. The number of fused-ring (bicyclic) bond motifs is 1. The van der Waals surface area contributed by atoms with Crippen LogP contribution in [0.15, 0.2) is 53.5 Å². The minimum Gasteiger partial charge on any atom is -0.360 e. The largest absolute Gasteiger partial charge is 0.360 e. The molecule has 0 aliphatic carbocycles. The number of carbonyl (C=O) groups excluding carboxylic acids is 1. The van der Waals surface area contributed by atoms with E-state index >= 15 is 0 Å². The Labute approximate surface area is 158 Å². The van der Waals surface area contributed by atoms with Crippen LogP contribution in [-0.4, -0.2) is 10.9 Å². The van der Waals surface area contributed by atoms with Crippen molar-refractivity contribution in [3.05, 3.63) is 86.4 Å². The van der Waals surface area contributed by atoms with Crippen LogP contribution in [0.5, 0.6) is 0 Å². The molecule has 0 saturated heterocycles. The fraction of sp³-hybridized carbons (Fsp3) is 0.0500. The molecule has 0 bridgehead atoms. The van der Waals surface area contributed by atoms with Gasteiger partial charge in [0.25, 0.3) is 5.91 Å². The number of hydrogen-bond acceptors (Lipinski definition) is 3. The minimum atomic E-state index is -0.635. The van der Waals surface area contributed by atoms with Crippen LogP contribution >= 0.6 is 11.6 Å². The molecule has 0 spiro atoms. The predicted molar refractivity (Wildman–Crippen MR) is 102 cm³/mol. The van der Waals surface area contributed by atoms with E-state index in [-0.39, 0.29) is 17.5 Å². The standard InChI is InChI=1S/C20H13ClFN3O2/c21-14-5-3-12(4-6-14)10-25-20(27)17-11-24-18-13(2-1-7-23)8-15(22)9-16(18)19(17)26/h1-6,8-9,11H,10H2,(H,24,26)(H,25,27). The van der Waals surface area contributed by atoms with Gasteiger partial charge >= 0.3 is 0 Å². The van der Waals surface area contributed by atoms with E-state index in [1.165, 1.54) is 24.4 Å². The molecule has 5 nitrogen and oxygen atoms in total. The van der Waals surface area contributed by atoms with Gasteiger partial charge < -0.3 is 10.3 Å². The van der Waals surface area contributed by atoms with E-state index in [9.17, 15) is 14.0 Å². The Morgan fingerprint density at radius 3 is 2.74 bits per heavy atom. The van der Waals surface area contributed by atoms with Crippen LogP contribution in [0.2, 0.25) is 5.02 Å². The molecule has 3 rings (SSSR count). The third-order valence-electron chi connectivity index (χ3n) is 3.93. The molecule has 0 atom stereocenters. The predicted octanol–water partition coefficient (Wildman–Crippen LogP) is 3.79. The van der Waals surface area contributed by atoms with Gasteiger partial charge in [0.15, 0.2) is 0 Å². The van der Waals surface area contributed by atoms with Crippen LogP contribution in [0.3, 0.4) is 0 Å². The molecule has 0 aliphatic heterocycles. The van der Waals surface area contributed by atoms with Gasteiger partial charge in [-0.2, -0.15) is 5.26 Å². The van der Waals surface area contributed by atoms with Gasteiger partial charge in [-0.1, -0.05) is 23.7 Å². The van der Waals surface area contributed by atoms with Crippen molar-refractivity contribution in [3.8, 4) is 6.07 Å². The van der Waals surface area contributed by atoms with Crippen LogP contribution in [0.1, 0.15) is 21.5 Å². The number of hydrogen-bond donors (Lipinski definition) is 2. The summed E-state index contributed by atoms with van der Waals surface area (Å²) in [5, 5.41) is 11.9. The van der Waals surface area contributed by atoms with Gasteiger partial charge in [0.2, 0.25) is 5.43 Å². The van der Waals surface area contributed by atoms with Gasteiger partial charge in [-0.3, -0.25) is 9.59 Å². The Hall–Kier alpha value is -3.43. The molecule has 1 aromatic heterocycles. The van der Waals surface area contributed by atoms with Gasteiger partial charge in [-0.05, 0) is 35.9 Å². The summed E-state index contributed by atoms with van der Waals surface area (Å²) in [7, 11) is 0. The van der Waals surface area contributed by atoms with E-state index < -0.39 is 17.2 Å².